The topological polar surface area (TPSA) is 68.4 Å². The fraction of sp³-hybridized carbons (Fsp3) is 0.471. The number of aliphatic hydroxyl groups excluding tert-OH is 1. The maximum atomic E-state index is 12.2. The highest BCUT2D eigenvalue weighted by atomic mass is 16.3. The highest BCUT2D eigenvalue weighted by molar-refractivity contribution is 5.84. The number of H-pyrrole nitrogens is 1. The molecule has 1 aliphatic rings. The zero-order chi connectivity index (χ0) is 15.5. The van der Waals surface area contributed by atoms with Crippen molar-refractivity contribution in [2.24, 2.45) is 0 Å². The third kappa shape index (κ3) is 2.81. The van der Waals surface area contributed by atoms with Gasteiger partial charge in [-0.3, -0.25) is 0 Å². The van der Waals surface area contributed by atoms with E-state index >= 15 is 0 Å². The Morgan fingerprint density at radius 3 is 3.09 bits per heavy atom. The number of amides is 2. The minimum absolute atomic E-state index is 0.0187. The van der Waals surface area contributed by atoms with Crippen molar-refractivity contribution in [3.63, 3.8) is 0 Å². The van der Waals surface area contributed by atoms with Gasteiger partial charge in [-0.15, -0.1) is 0 Å². The predicted octanol–water partition coefficient (Wildman–Crippen LogP) is 2.19. The summed E-state index contributed by atoms with van der Waals surface area (Å²) < 4.78 is 0. The Morgan fingerprint density at radius 1 is 1.45 bits per heavy atom. The second-order valence-electron chi connectivity index (χ2n) is 5.93. The van der Waals surface area contributed by atoms with Crippen LogP contribution in [0.15, 0.2) is 24.3 Å². The van der Waals surface area contributed by atoms with Crippen LogP contribution >= 0.6 is 0 Å². The van der Waals surface area contributed by atoms with Crippen molar-refractivity contribution in [1.29, 1.82) is 0 Å². The molecule has 1 aromatic carbocycles. The summed E-state index contributed by atoms with van der Waals surface area (Å²) in [6.45, 7) is 3.47. The zero-order valence-corrected chi connectivity index (χ0v) is 12.9. The molecule has 2 heterocycles. The van der Waals surface area contributed by atoms with Crippen molar-refractivity contribution in [2.45, 2.75) is 32.2 Å². The van der Waals surface area contributed by atoms with Gasteiger partial charge in [-0.2, -0.15) is 0 Å². The van der Waals surface area contributed by atoms with Gasteiger partial charge < -0.3 is 20.3 Å². The molecule has 5 heteroatoms. The number of aromatic nitrogens is 1. The van der Waals surface area contributed by atoms with E-state index in [0.717, 1.165) is 37.0 Å². The summed E-state index contributed by atoms with van der Waals surface area (Å²) >= 11 is 0. The second kappa shape index (κ2) is 6.40. The SMILES string of the molecule is Cc1[nH]c2ccccc2c1CCNC(=O)N1CCCC1CO. The Kier molecular flexibility index (Phi) is 4.34. The predicted molar refractivity (Wildman–Crippen MR) is 87.0 cm³/mol. The molecule has 0 radical (unpaired) electrons. The maximum Gasteiger partial charge on any atom is 0.317 e. The summed E-state index contributed by atoms with van der Waals surface area (Å²) in [5.74, 6) is 0. The number of nitrogens with one attached hydrogen (secondary N) is 2. The fourth-order valence-corrected chi connectivity index (χ4v) is 3.35. The van der Waals surface area contributed by atoms with Crippen LogP contribution in [0.3, 0.4) is 0 Å². The molecule has 1 aromatic heterocycles. The summed E-state index contributed by atoms with van der Waals surface area (Å²) in [6, 6.07) is 8.16. The first-order valence-corrected chi connectivity index (χ1v) is 7.92. The number of likely N-dealkylation sites (tertiary alicyclic amines) is 1. The Morgan fingerprint density at radius 2 is 2.27 bits per heavy atom. The molecule has 0 saturated carbocycles. The average Bonchev–Trinajstić information content (AvgIpc) is 3.11. The summed E-state index contributed by atoms with van der Waals surface area (Å²) in [5.41, 5.74) is 3.56. The Hall–Kier alpha value is -2.01. The van der Waals surface area contributed by atoms with Crippen LogP contribution in [0.4, 0.5) is 4.79 Å². The standard InChI is InChI=1S/C17H23N3O2/c1-12-14(15-6-2-3-7-16(15)19-12)8-9-18-17(22)20-10-4-5-13(20)11-21/h2-3,6-7,13,19,21H,4-5,8-11H2,1H3,(H,18,22). The van der Waals surface area contributed by atoms with Crippen LogP contribution in [-0.2, 0) is 6.42 Å². The van der Waals surface area contributed by atoms with Gasteiger partial charge in [0.2, 0.25) is 0 Å². The Labute approximate surface area is 130 Å². The van der Waals surface area contributed by atoms with E-state index in [2.05, 4.69) is 29.4 Å². The fourth-order valence-electron chi connectivity index (χ4n) is 3.35. The molecule has 1 saturated heterocycles. The number of fused-ring (bicyclic) bond motifs is 1. The van der Waals surface area contributed by atoms with Gasteiger partial charge in [0.15, 0.2) is 0 Å². The van der Waals surface area contributed by atoms with Crippen molar-refractivity contribution in [3.05, 3.63) is 35.5 Å². The lowest BCUT2D eigenvalue weighted by molar-refractivity contribution is 0.157. The van der Waals surface area contributed by atoms with E-state index in [1.807, 2.05) is 12.1 Å². The Bertz CT molecular complexity index is 665. The van der Waals surface area contributed by atoms with Crippen LogP contribution in [0.2, 0.25) is 0 Å². The van der Waals surface area contributed by atoms with Gasteiger partial charge in [0.05, 0.1) is 12.6 Å². The normalized spacial score (nSPS) is 18.1. The summed E-state index contributed by atoms with van der Waals surface area (Å²) in [5, 5.41) is 13.5. The third-order valence-electron chi connectivity index (χ3n) is 4.53. The van der Waals surface area contributed by atoms with Crippen LogP contribution in [0.1, 0.15) is 24.1 Å². The lowest BCUT2D eigenvalue weighted by Crippen LogP contribution is -2.44. The number of nitrogens with zero attached hydrogens (tertiary/aromatic N) is 1. The number of rotatable bonds is 4. The first kappa shape index (κ1) is 14.9. The van der Waals surface area contributed by atoms with Crippen molar-refractivity contribution >= 4 is 16.9 Å². The van der Waals surface area contributed by atoms with Crippen molar-refractivity contribution in [2.75, 3.05) is 19.7 Å². The molecular formula is C17H23N3O2. The largest absolute Gasteiger partial charge is 0.394 e. The van der Waals surface area contributed by atoms with Gasteiger partial charge in [-0.05, 0) is 37.8 Å². The number of aromatic amines is 1. The molecule has 2 amide bonds. The molecular weight excluding hydrogens is 278 g/mol. The van der Waals surface area contributed by atoms with Gasteiger partial charge in [0.25, 0.3) is 0 Å². The van der Waals surface area contributed by atoms with E-state index in [0.29, 0.717) is 6.54 Å². The van der Waals surface area contributed by atoms with E-state index in [4.69, 9.17) is 0 Å². The number of aryl methyl sites for hydroxylation is 1. The number of carbonyl (C=O) groups is 1. The molecule has 0 aliphatic carbocycles. The molecule has 1 aliphatic heterocycles. The number of urea groups is 1. The lowest BCUT2D eigenvalue weighted by atomic mass is 10.1. The first-order valence-electron chi connectivity index (χ1n) is 7.92. The van der Waals surface area contributed by atoms with Crippen molar-refractivity contribution in [1.82, 2.24) is 15.2 Å². The van der Waals surface area contributed by atoms with Gasteiger partial charge in [-0.1, -0.05) is 18.2 Å². The first-order chi connectivity index (χ1) is 10.7. The second-order valence-corrected chi connectivity index (χ2v) is 5.93. The van der Waals surface area contributed by atoms with Crippen molar-refractivity contribution < 1.29 is 9.90 Å². The summed E-state index contributed by atoms with van der Waals surface area (Å²) in [7, 11) is 0. The smallest absolute Gasteiger partial charge is 0.317 e. The van der Waals surface area contributed by atoms with Gasteiger partial charge >= 0.3 is 6.03 Å². The Balaban J connectivity index is 1.60. The molecule has 2 aromatic rings. The average molecular weight is 301 g/mol. The molecule has 118 valence electrons. The van der Waals surface area contributed by atoms with Crippen LogP contribution in [-0.4, -0.2) is 46.8 Å². The number of carbonyl (C=O) groups excluding carboxylic acids is 1. The summed E-state index contributed by atoms with van der Waals surface area (Å²) in [6.07, 6.45) is 2.67. The minimum Gasteiger partial charge on any atom is -0.394 e. The molecule has 22 heavy (non-hydrogen) atoms. The monoisotopic (exact) mass is 301 g/mol. The van der Waals surface area contributed by atoms with Gasteiger partial charge in [-0.25, -0.2) is 4.79 Å². The molecule has 1 unspecified atom stereocenters. The lowest BCUT2D eigenvalue weighted by Gasteiger charge is -2.23. The van der Waals surface area contributed by atoms with Crippen molar-refractivity contribution in [3.8, 4) is 0 Å². The van der Waals surface area contributed by atoms with Crippen LogP contribution < -0.4 is 5.32 Å². The van der Waals surface area contributed by atoms with Gasteiger partial charge in [0.1, 0.15) is 0 Å². The number of hydrogen-bond donors (Lipinski definition) is 3. The maximum absolute atomic E-state index is 12.2. The minimum atomic E-state index is -0.0611. The molecule has 0 bridgehead atoms. The van der Waals surface area contributed by atoms with Crippen LogP contribution in [0, 0.1) is 6.92 Å². The number of hydrogen-bond acceptors (Lipinski definition) is 2. The van der Waals surface area contributed by atoms with E-state index in [9.17, 15) is 9.90 Å². The van der Waals surface area contributed by atoms with Crippen LogP contribution in [0.25, 0.3) is 10.9 Å². The molecule has 3 N–H and O–H groups in total. The zero-order valence-electron chi connectivity index (χ0n) is 12.9. The highest BCUT2D eigenvalue weighted by Crippen LogP contribution is 2.22. The summed E-state index contributed by atoms with van der Waals surface area (Å²) in [4.78, 5) is 17.3. The van der Waals surface area contributed by atoms with Gasteiger partial charge in [0, 0.05) is 29.7 Å². The quantitative estimate of drug-likeness (QED) is 0.810. The number of benzene rings is 1. The number of aliphatic hydroxyl groups is 1. The molecule has 1 fully saturated rings. The highest BCUT2D eigenvalue weighted by Gasteiger charge is 2.27. The van der Waals surface area contributed by atoms with Crippen LogP contribution in [0.5, 0.6) is 0 Å². The van der Waals surface area contributed by atoms with E-state index in [-0.39, 0.29) is 18.7 Å². The van der Waals surface area contributed by atoms with E-state index < -0.39 is 0 Å². The number of para-hydroxylation sites is 1. The molecule has 1 atom stereocenters. The van der Waals surface area contributed by atoms with E-state index in [1.165, 1.54) is 10.9 Å². The third-order valence-corrected chi connectivity index (χ3v) is 4.53. The van der Waals surface area contributed by atoms with E-state index in [1.54, 1.807) is 4.90 Å². The molecule has 5 nitrogen and oxygen atoms in total. The molecule has 3 rings (SSSR count). The molecule has 0 spiro atoms.